The Morgan fingerprint density at radius 1 is 1.15 bits per heavy atom. The van der Waals surface area contributed by atoms with Crippen LogP contribution in [0.2, 0.25) is 0 Å². The number of carbonyl (C=O) groups excluding carboxylic acids is 3. The summed E-state index contributed by atoms with van der Waals surface area (Å²) < 4.78 is 15.1. The second-order valence-corrected chi connectivity index (χ2v) is 9.74. The van der Waals surface area contributed by atoms with Crippen LogP contribution in [0.3, 0.4) is 0 Å². The fourth-order valence-corrected chi connectivity index (χ4v) is 4.61. The number of halogens is 1. The first-order chi connectivity index (χ1) is 19.2. The van der Waals surface area contributed by atoms with Gasteiger partial charge in [-0.05, 0) is 44.5 Å². The highest BCUT2D eigenvalue weighted by Crippen LogP contribution is 2.31. The van der Waals surface area contributed by atoms with Gasteiger partial charge in [0.1, 0.15) is 23.6 Å². The second-order valence-electron chi connectivity index (χ2n) is 8.89. The smallest absolute Gasteiger partial charge is 0.407 e. The highest BCUT2D eigenvalue weighted by Gasteiger charge is 2.21. The van der Waals surface area contributed by atoms with Gasteiger partial charge in [0.2, 0.25) is 11.9 Å². The van der Waals surface area contributed by atoms with E-state index in [9.17, 15) is 14.4 Å². The Bertz CT molecular complexity index is 1560. The molecule has 4 rings (SSSR count). The number of carbonyl (C=O) groups is 3. The van der Waals surface area contributed by atoms with E-state index < -0.39 is 12.0 Å². The van der Waals surface area contributed by atoms with E-state index in [0.29, 0.717) is 54.2 Å². The van der Waals surface area contributed by atoms with E-state index in [1.165, 1.54) is 13.2 Å². The third-order valence-electron chi connectivity index (χ3n) is 6.12. The number of amides is 3. The number of rotatable bonds is 11. The quantitative estimate of drug-likeness (QED) is 0.216. The number of methoxy groups -OCH3 is 1. The molecule has 210 valence electrons. The molecule has 0 atom stereocenters. The summed E-state index contributed by atoms with van der Waals surface area (Å²) in [5.41, 5.74) is 8.66. The zero-order chi connectivity index (χ0) is 28.8. The number of imidazole rings is 1. The molecule has 12 nitrogen and oxygen atoms in total. The summed E-state index contributed by atoms with van der Waals surface area (Å²) in [5.74, 6) is -0.401. The van der Waals surface area contributed by atoms with E-state index in [0.717, 1.165) is 10.0 Å². The van der Waals surface area contributed by atoms with Crippen molar-refractivity contribution in [3.05, 3.63) is 69.5 Å². The lowest BCUT2D eigenvalue weighted by atomic mass is 10.1. The van der Waals surface area contributed by atoms with Crippen LogP contribution in [0, 0.1) is 6.92 Å². The minimum Gasteiger partial charge on any atom is -0.494 e. The number of hydrogen-bond donors (Lipinski definition) is 3. The number of nitrogens with two attached hydrogens (primary N) is 1. The highest BCUT2D eigenvalue weighted by atomic mass is 79.9. The number of aromatic nitrogens is 4. The largest absolute Gasteiger partial charge is 0.494 e. The predicted octanol–water partition coefficient (Wildman–Crippen LogP) is 4.00. The molecule has 0 aliphatic heterocycles. The number of fused-ring (bicyclic) bond motifs is 1. The van der Waals surface area contributed by atoms with Crippen LogP contribution in [0.25, 0.3) is 11.0 Å². The molecule has 0 radical (unpaired) electrons. The van der Waals surface area contributed by atoms with Crippen LogP contribution >= 0.6 is 15.9 Å². The van der Waals surface area contributed by atoms with Crippen molar-refractivity contribution in [2.75, 3.05) is 19.0 Å². The first-order valence-corrected chi connectivity index (χ1v) is 13.4. The Morgan fingerprint density at radius 2 is 1.93 bits per heavy atom. The Hall–Kier alpha value is -4.39. The zero-order valence-electron chi connectivity index (χ0n) is 22.4. The van der Waals surface area contributed by atoms with Gasteiger partial charge in [-0.3, -0.25) is 19.6 Å². The Labute approximate surface area is 239 Å². The van der Waals surface area contributed by atoms with Gasteiger partial charge >= 0.3 is 6.09 Å². The number of aryl methyl sites for hydroxylation is 3. The standard InChI is InChI=1S/C27H30BrN7O5/c1-4-35-21(12-16(2)33-35)25(37)32-26-31-20-13-18(24(29)36)14-22(39-3)23(20)34(26)11-7-10-30-27(38)40-15-17-8-5-6-9-19(17)28/h5-6,8-9,12-14H,4,7,10-11,15H2,1-3H3,(H2,29,36)(H,30,38)(H,31,32,37). The maximum absolute atomic E-state index is 13.2. The van der Waals surface area contributed by atoms with Gasteiger partial charge in [-0.25, -0.2) is 9.78 Å². The summed E-state index contributed by atoms with van der Waals surface area (Å²) in [4.78, 5) is 41.9. The van der Waals surface area contributed by atoms with Crippen LogP contribution in [-0.2, 0) is 24.4 Å². The average Bonchev–Trinajstić information content (AvgIpc) is 3.49. The van der Waals surface area contributed by atoms with Crippen molar-refractivity contribution in [1.29, 1.82) is 0 Å². The molecular weight excluding hydrogens is 582 g/mol. The number of anilines is 1. The molecule has 0 bridgehead atoms. The molecule has 2 aromatic heterocycles. The molecule has 4 aromatic rings. The normalized spacial score (nSPS) is 10.9. The lowest BCUT2D eigenvalue weighted by Gasteiger charge is -2.13. The van der Waals surface area contributed by atoms with Crippen LogP contribution in [0.4, 0.5) is 10.7 Å². The topological polar surface area (TPSA) is 155 Å². The Morgan fingerprint density at radius 3 is 2.62 bits per heavy atom. The summed E-state index contributed by atoms with van der Waals surface area (Å²) >= 11 is 3.43. The van der Waals surface area contributed by atoms with E-state index in [2.05, 4.69) is 36.6 Å². The fraction of sp³-hybridized carbons (Fsp3) is 0.296. The molecule has 2 heterocycles. The van der Waals surface area contributed by atoms with Gasteiger partial charge in [0.15, 0.2) is 0 Å². The molecule has 3 amide bonds. The number of nitrogens with zero attached hydrogens (tertiary/aromatic N) is 4. The summed E-state index contributed by atoms with van der Waals surface area (Å²) in [7, 11) is 1.47. The second kappa shape index (κ2) is 12.6. The molecule has 2 aromatic carbocycles. The minimum absolute atomic E-state index is 0.128. The maximum Gasteiger partial charge on any atom is 0.407 e. The molecule has 0 aliphatic carbocycles. The third kappa shape index (κ3) is 6.42. The first kappa shape index (κ1) is 28.6. The van der Waals surface area contributed by atoms with Crippen LogP contribution in [-0.4, -0.2) is 50.9 Å². The molecule has 0 saturated carbocycles. The number of benzene rings is 2. The SMILES string of the molecule is CCn1nc(C)cc1C(=O)Nc1nc2cc(C(N)=O)cc(OC)c2n1CCCNC(=O)OCc1ccccc1Br. The van der Waals surface area contributed by atoms with Gasteiger partial charge in [-0.15, -0.1) is 0 Å². The van der Waals surface area contributed by atoms with Crippen LogP contribution < -0.4 is 21.1 Å². The Kier molecular flexibility index (Phi) is 9.04. The van der Waals surface area contributed by atoms with Crippen molar-refractivity contribution in [1.82, 2.24) is 24.6 Å². The van der Waals surface area contributed by atoms with Crippen molar-refractivity contribution < 1.29 is 23.9 Å². The number of alkyl carbamates (subject to hydrolysis) is 1. The number of hydrogen-bond acceptors (Lipinski definition) is 7. The summed E-state index contributed by atoms with van der Waals surface area (Å²) in [5, 5.41) is 9.93. The highest BCUT2D eigenvalue weighted by molar-refractivity contribution is 9.10. The van der Waals surface area contributed by atoms with Crippen molar-refractivity contribution in [2.24, 2.45) is 5.73 Å². The van der Waals surface area contributed by atoms with Crippen molar-refractivity contribution in [3.63, 3.8) is 0 Å². The molecular formula is C27H30BrN7O5. The maximum atomic E-state index is 13.2. The van der Waals surface area contributed by atoms with Crippen molar-refractivity contribution >= 4 is 50.8 Å². The monoisotopic (exact) mass is 611 g/mol. The molecule has 4 N–H and O–H groups in total. The number of primary amides is 1. The van der Waals surface area contributed by atoms with E-state index in [4.69, 9.17) is 15.2 Å². The van der Waals surface area contributed by atoms with Gasteiger partial charge in [0, 0.05) is 35.2 Å². The number of nitrogens with one attached hydrogen (secondary N) is 2. The molecule has 0 fully saturated rings. The van der Waals surface area contributed by atoms with E-state index >= 15 is 0 Å². The van der Waals surface area contributed by atoms with Crippen LogP contribution in [0.5, 0.6) is 5.75 Å². The van der Waals surface area contributed by atoms with E-state index in [1.807, 2.05) is 38.1 Å². The zero-order valence-corrected chi connectivity index (χ0v) is 23.9. The van der Waals surface area contributed by atoms with Gasteiger partial charge in [-0.2, -0.15) is 5.10 Å². The first-order valence-electron chi connectivity index (χ1n) is 12.6. The van der Waals surface area contributed by atoms with E-state index in [-0.39, 0.29) is 24.0 Å². The predicted molar refractivity (Wildman–Crippen MR) is 152 cm³/mol. The van der Waals surface area contributed by atoms with Crippen LogP contribution in [0.1, 0.15) is 45.4 Å². The molecule has 0 spiro atoms. The fourth-order valence-electron chi connectivity index (χ4n) is 4.21. The van der Waals surface area contributed by atoms with Gasteiger partial charge in [0.05, 0.1) is 18.3 Å². The average molecular weight is 612 g/mol. The molecule has 0 saturated heterocycles. The minimum atomic E-state index is -0.632. The number of ether oxygens (including phenoxy) is 2. The Balaban J connectivity index is 1.52. The molecule has 0 aliphatic rings. The lowest BCUT2D eigenvalue weighted by Crippen LogP contribution is -2.26. The van der Waals surface area contributed by atoms with Crippen LogP contribution in [0.15, 0.2) is 46.9 Å². The molecule has 0 unspecified atom stereocenters. The van der Waals surface area contributed by atoms with Gasteiger partial charge < -0.3 is 25.1 Å². The van der Waals surface area contributed by atoms with Crippen molar-refractivity contribution in [3.8, 4) is 5.75 Å². The summed E-state index contributed by atoms with van der Waals surface area (Å²) in [6.07, 6.45) is -0.0720. The van der Waals surface area contributed by atoms with Gasteiger partial charge in [0.25, 0.3) is 5.91 Å². The van der Waals surface area contributed by atoms with Gasteiger partial charge in [-0.1, -0.05) is 34.1 Å². The molecule has 40 heavy (non-hydrogen) atoms. The molecule has 13 heteroatoms. The lowest BCUT2D eigenvalue weighted by molar-refractivity contribution is 0.0995. The summed E-state index contributed by atoms with van der Waals surface area (Å²) in [6, 6.07) is 12.3. The third-order valence-corrected chi connectivity index (χ3v) is 6.89. The van der Waals surface area contributed by atoms with E-state index in [1.54, 1.807) is 21.4 Å². The van der Waals surface area contributed by atoms with Crippen molar-refractivity contribution in [2.45, 2.75) is 40.0 Å². The summed E-state index contributed by atoms with van der Waals surface area (Å²) in [6.45, 7) is 5.01.